The molecule has 0 atom stereocenters. The highest BCUT2D eigenvalue weighted by atomic mass is 32.1. The molecule has 0 unspecified atom stereocenters. The molecule has 0 saturated carbocycles. The Morgan fingerprint density at radius 1 is 0.867 bits per heavy atom. The van der Waals surface area contributed by atoms with Crippen LogP contribution in [0.5, 0.6) is 11.5 Å². The van der Waals surface area contributed by atoms with Gasteiger partial charge in [0.1, 0.15) is 13.2 Å². The second kappa shape index (κ2) is 7.50. The van der Waals surface area contributed by atoms with Crippen LogP contribution < -0.4 is 9.47 Å². The molecule has 1 heterocycles. The van der Waals surface area contributed by atoms with Crippen LogP contribution in [0.15, 0.2) is 10.8 Å². The van der Waals surface area contributed by atoms with Crippen LogP contribution in [0.2, 0.25) is 0 Å². The summed E-state index contributed by atoms with van der Waals surface area (Å²) in [5.74, 6) is 1.54. The number of methoxy groups -OCH3 is 2. The summed E-state index contributed by atoms with van der Waals surface area (Å²) in [6.45, 7) is 2.22. The largest absolute Gasteiger partial charge is 0.486 e. The van der Waals surface area contributed by atoms with Gasteiger partial charge in [-0.25, -0.2) is 0 Å². The maximum absolute atomic E-state index is 5.47. The number of ether oxygens (including phenoxy) is 4. The lowest BCUT2D eigenvalue weighted by atomic mass is 10.5. The smallest absolute Gasteiger partial charge is 0.171 e. The first kappa shape index (κ1) is 12.3. The van der Waals surface area contributed by atoms with Crippen LogP contribution in [-0.2, 0) is 9.47 Å². The Hall–Kier alpha value is -0.780. The molecular formula is C10H16O4S. The van der Waals surface area contributed by atoms with E-state index in [1.165, 1.54) is 0 Å². The van der Waals surface area contributed by atoms with Crippen LogP contribution in [0, 0.1) is 0 Å². The Kier molecular flexibility index (Phi) is 6.15. The topological polar surface area (TPSA) is 36.9 Å². The van der Waals surface area contributed by atoms with E-state index >= 15 is 0 Å². The first-order valence-corrected chi connectivity index (χ1v) is 5.62. The first-order chi connectivity index (χ1) is 7.38. The van der Waals surface area contributed by atoms with E-state index in [1.807, 2.05) is 10.8 Å². The van der Waals surface area contributed by atoms with Crippen LogP contribution in [0.4, 0.5) is 0 Å². The summed E-state index contributed by atoms with van der Waals surface area (Å²) in [6, 6.07) is 0. The predicted molar refractivity (Wildman–Crippen MR) is 59.1 cm³/mol. The number of rotatable bonds is 8. The molecule has 5 heteroatoms. The molecule has 0 bridgehead atoms. The third-order valence-corrected chi connectivity index (χ3v) is 2.38. The molecule has 0 aromatic carbocycles. The highest BCUT2D eigenvalue weighted by Gasteiger charge is 2.05. The van der Waals surface area contributed by atoms with Gasteiger partial charge < -0.3 is 18.9 Å². The van der Waals surface area contributed by atoms with Crippen molar-refractivity contribution in [1.29, 1.82) is 0 Å². The summed E-state index contributed by atoms with van der Waals surface area (Å²) in [7, 11) is 3.29. The molecule has 0 radical (unpaired) electrons. The fraction of sp³-hybridized carbons (Fsp3) is 0.600. The van der Waals surface area contributed by atoms with Crippen LogP contribution >= 0.6 is 11.3 Å². The van der Waals surface area contributed by atoms with Crippen molar-refractivity contribution < 1.29 is 18.9 Å². The average Bonchev–Trinajstić information content (AvgIpc) is 2.67. The van der Waals surface area contributed by atoms with Crippen molar-refractivity contribution in [3.8, 4) is 11.5 Å². The van der Waals surface area contributed by atoms with Crippen molar-refractivity contribution in [3.63, 3.8) is 0 Å². The molecular weight excluding hydrogens is 216 g/mol. The molecule has 0 spiro atoms. The zero-order valence-corrected chi connectivity index (χ0v) is 9.84. The summed E-state index contributed by atoms with van der Waals surface area (Å²) >= 11 is 1.55. The Labute approximate surface area is 93.7 Å². The van der Waals surface area contributed by atoms with Gasteiger partial charge in [-0.1, -0.05) is 0 Å². The molecule has 1 aromatic heterocycles. The van der Waals surface area contributed by atoms with Gasteiger partial charge in [0.25, 0.3) is 0 Å². The van der Waals surface area contributed by atoms with E-state index in [-0.39, 0.29) is 0 Å². The molecule has 4 nitrogen and oxygen atoms in total. The highest BCUT2D eigenvalue weighted by Crippen LogP contribution is 2.31. The summed E-state index contributed by atoms with van der Waals surface area (Å²) in [5, 5.41) is 3.83. The quantitative estimate of drug-likeness (QED) is 0.640. The van der Waals surface area contributed by atoms with Gasteiger partial charge >= 0.3 is 0 Å². The molecule has 86 valence electrons. The maximum atomic E-state index is 5.47. The minimum Gasteiger partial charge on any atom is -0.486 e. The van der Waals surface area contributed by atoms with Crippen LogP contribution in [-0.4, -0.2) is 40.6 Å². The van der Waals surface area contributed by atoms with Gasteiger partial charge in [-0.15, -0.1) is 11.3 Å². The predicted octanol–water partition coefficient (Wildman–Crippen LogP) is 1.80. The van der Waals surface area contributed by atoms with Crippen LogP contribution in [0.3, 0.4) is 0 Å². The van der Waals surface area contributed by atoms with E-state index in [0.29, 0.717) is 26.4 Å². The van der Waals surface area contributed by atoms with Gasteiger partial charge in [0.15, 0.2) is 11.5 Å². The molecule has 0 aliphatic rings. The van der Waals surface area contributed by atoms with Gasteiger partial charge in [-0.3, -0.25) is 0 Å². The summed E-state index contributed by atoms with van der Waals surface area (Å²) in [4.78, 5) is 0. The maximum Gasteiger partial charge on any atom is 0.171 e. The van der Waals surface area contributed by atoms with E-state index in [4.69, 9.17) is 18.9 Å². The SMILES string of the molecule is COCCOc1cscc1OCCOC. The zero-order chi connectivity index (χ0) is 10.9. The van der Waals surface area contributed by atoms with Crippen molar-refractivity contribution in [2.45, 2.75) is 0 Å². The molecule has 1 aromatic rings. The van der Waals surface area contributed by atoms with Crippen molar-refractivity contribution in [3.05, 3.63) is 10.8 Å². The molecule has 0 amide bonds. The van der Waals surface area contributed by atoms with Gasteiger partial charge in [0.05, 0.1) is 13.2 Å². The highest BCUT2D eigenvalue weighted by molar-refractivity contribution is 7.08. The van der Waals surface area contributed by atoms with Crippen molar-refractivity contribution >= 4 is 11.3 Å². The molecule has 0 fully saturated rings. The van der Waals surface area contributed by atoms with Gasteiger partial charge in [0, 0.05) is 25.0 Å². The van der Waals surface area contributed by atoms with E-state index in [9.17, 15) is 0 Å². The molecule has 0 N–H and O–H groups in total. The summed E-state index contributed by atoms with van der Waals surface area (Å²) in [6.07, 6.45) is 0. The Balaban J connectivity index is 2.32. The number of hydrogen-bond donors (Lipinski definition) is 0. The standard InChI is InChI=1S/C10H16O4S/c1-11-3-5-13-9-7-15-8-10(9)14-6-4-12-2/h7-8H,3-6H2,1-2H3. The lowest BCUT2D eigenvalue weighted by Gasteiger charge is -2.08. The van der Waals surface area contributed by atoms with Crippen LogP contribution in [0.25, 0.3) is 0 Å². The first-order valence-electron chi connectivity index (χ1n) is 4.68. The number of thiophene rings is 1. The molecule has 0 aliphatic carbocycles. The zero-order valence-electron chi connectivity index (χ0n) is 9.02. The molecule has 0 aliphatic heterocycles. The summed E-state index contributed by atoms with van der Waals surface area (Å²) < 4.78 is 20.7. The Morgan fingerprint density at radius 3 is 1.73 bits per heavy atom. The van der Waals surface area contributed by atoms with E-state index in [2.05, 4.69) is 0 Å². The molecule has 1 rings (SSSR count). The normalized spacial score (nSPS) is 10.3. The van der Waals surface area contributed by atoms with E-state index in [0.717, 1.165) is 11.5 Å². The molecule has 15 heavy (non-hydrogen) atoms. The van der Waals surface area contributed by atoms with E-state index in [1.54, 1.807) is 25.6 Å². The Bertz CT molecular complexity index is 237. The van der Waals surface area contributed by atoms with Crippen LogP contribution in [0.1, 0.15) is 0 Å². The van der Waals surface area contributed by atoms with Gasteiger partial charge in [0.2, 0.25) is 0 Å². The number of hydrogen-bond acceptors (Lipinski definition) is 5. The minimum absolute atomic E-state index is 0.536. The fourth-order valence-electron chi connectivity index (χ4n) is 0.954. The summed E-state index contributed by atoms with van der Waals surface area (Å²) in [5.41, 5.74) is 0. The third-order valence-electron chi connectivity index (χ3n) is 1.68. The third kappa shape index (κ3) is 4.51. The second-order valence-corrected chi connectivity index (χ2v) is 3.53. The van der Waals surface area contributed by atoms with Crippen molar-refractivity contribution in [2.75, 3.05) is 40.6 Å². The minimum atomic E-state index is 0.536. The lowest BCUT2D eigenvalue weighted by molar-refractivity contribution is 0.133. The van der Waals surface area contributed by atoms with E-state index < -0.39 is 0 Å². The van der Waals surface area contributed by atoms with Crippen molar-refractivity contribution in [1.82, 2.24) is 0 Å². The second-order valence-electron chi connectivity index (χ2n) is 2.78. The monoisotopic (exact) mass is 232 g/mol. The lowest BCUT2D eigenvalue weighted by Crippen LogP contribution is -2.07. The van der Waals surface area contributed by atoms with Crippen molar-refractivity contribution in [2.24, 2.45) is 0 Å². The molecule has 0 saturated heterocycles. The van der Waals surface area contributed by atoms with Gasteiger partial charge in [-0.05, 0) is 0 Å². The van der Waals surface area contributed by atoms with Gasteiger partial charge in [-0.2, -0.15) is 0 Å². The fourth-order valence-corrected chi connectivity index (χ4v) is 1.64. The Morgan fingerprint density at radius 2 is 1.33 bits per heavy atom. The average molecular weight is 232 g/mol.